The lowest BCUT2D eigenvalue weighted by molar-refractivity contribution is -0.117. The van der Waals surface area contributed by atoms with Gasteiger partial charge in [-0.1, -0.05) is 0 Å². The molecule has 0 radical (unpaired) electrons. The Bertz CT molecular complexity index is 733. The highest BCUT2D eigenvalue weighted by Gasteiger charge is 2.29. The van der Waals surface area contributed by atoms with Gasteiger partial charge < -0.3 is 35.7 Å². The Hall–Kier alpha value is 0.150. The molecular weight excluding hydrogens is 713 g/mol. The molecule has 0 heterocycles. The molecule has 12 heteroatoms. The smallest absolute Gasteiger partial charge is 0.253 e. The van der Waals surface area contributed by atoms with E-state index >= 15 is 0 Å². The van der Waals surface area contributed by atoms with Crippen LogP contribution in [0.5, 0.6) is 0 Å². The second-order valence-electron chi connectivity index (χ2n) is 5.81. The Kier molecular flexibility index (Phi) is 11.3. The Morgan fingerprint density at radius 3 is 2.04 bits per heavy atom. The highest BCUT2D eigenvalue weighted by Crippen LogP contribution is 2.38. The number of nitrogens with one attached hydrogen (secondary N) is 1. The first-order valence-corrected chi connectivity index (χ1v) is 11.3. The number of benzene rings is 1. The molecule has 0 aliphatic rings. The summed E-state index contributed by atoms with van der Waals surface area (Å²) in [4.78, 5) is 26.2. The van der Waals surface area contributed by atoms with Gasteiger partial charge in [-0.3, -0.25) is 9.59 Å². The number of hydrogen-bond donors (Lipinski definition) is 6. The minimum Gasteiger partial charge on any atom is -0.394 e. The zero-order valence-electron chi connectivity index (χ0n) is 14.8. The summed E-state index contributed by atoms with van der Waals surface area (Å²) < 4.78 is 1.45. The fourth-order valence-electron chi connectivity index (χ4n) is 2.29. The van der Waals surface area contributed by atoms with Crippen molar-refractivity contribution in [2.75, 3.05) is 31.2 Å². The minimum atomic E-state index is -1.18. The summed E-state index contributed by atoms with van der Waals surface area (Å²) in [5, 5.41) is 49.7. The normalized spacial score (nSPS) is 13.2. The second kappa shape index (κ2) is 12.1. The lowest BCUT2D eigenvalue weighted by Crippen LogP contribution is -2.40. The molecule has 28 heavy (non-hydrogen) atoms. The van der Waals surface area contributed by atoms with Gasteiger partial charge in [-0.25, -0.2) is 0 Å². The van der Waals surface area contributed by atoms with Gasteiger partial charge >= 0.3 is 0 Å². The van der Waals surface area contributed by atoms with Crippen LogP contribution in [0.3, 0.4) is 0 Å². The van der Waals surface area contributed by atoms with Crippen molar-refractivity contribution in [2.45, 2.75) is 25.7 Å². The van der Waals surface area contributed by atoms with Crippen molar-refractivity contribution >= 4 is 85.3 Å². The number of halogens is 3. The summed E-state index contributed by atoms with van der Waals surface area (Å²) in [5.74, 6) is -0.949. The molecular formula is C16H21I3N2O7. The first kappa shape index (κ1) is 26.2. The van der Waals surface area contributed by atoms with Crippen LogP contribution in [0, 0.1) is 10.7 Å². The molecule has 0 aromatic heterocycles. The van der Waals surface area contributed by atoms with Crippen LogP contribution in [0.15, 0.2) is 0 Å². The monoisotopic (exact) mass is 734 g/mol. The maximum absolute atomic E-state index is 12.7. The van der Waals surface area contributed by atoms with Crippen molar-refractivity contribution in [2.24, 2.45) is 0 Å². The van der Waals surface area contributed by atoms with Crippen molar-refractivity contribution in [1.29, 1.82) is 0 Å². The third-order valence-corrected chi connectivity index (χ3v) is 7.14. The van der Waals surface area contributed by atoms with Crippen LogP contribution in [0.2, 0.25) is 0 Å². The topological polar surface area (TPSA) is 151 Å². The molecule has 9 nitrogen and oxygen atoms in total. The summed E-state index contributed by atoms with van der Waals surface area (Å²) in [6.07, 6.45) is -2.29. The standard InChI is InChI=1S/C16H21I3N2O7/c1-7(25)21(3-9(27)5-23)15-13(18)10(6-24)12(17)11(14(15)19)16(28)20-2-8(26)4-22/h8-9,22-24,26-27H,2-6H2,1H3,(H,20,28). The van der Waals surface area contributed by atoms with E-state index in [1.807, 2.05) is 67.8 Å². The number of aliphatic hydroxyl groups is 5. The molecule has 1 rings (SSSR count). The molecule has 0 fully saturated rings. The van der Waals surface area contributed by atoms with E-state index in [9.17, 15) is 24.9 Å². The quantitative estimate of drug-likeness (QED) is 0.192. The van der Waals surface area contributed by atoms with E-state index in [-0.39, 0.29) is 25.3 Å². The third kappa shape index (κ3) is 6.32. The van der Waals surface area contributed by atoms with Crippen LogP contribution in [-0.2, 0) is 11.4 Å². The van der Waals surface area contributed by atoms with Crippen LogP contribution in [0.25, 0.3) is 0 Å². The average molecular weight is 734 g/mol. The zero-order valence-corrected chi connectivity index (χ0v) is 21.3. The molecule has 6 N–H and O–H groups in total. The highest BCUT2D eigenvalue weighted by atomic mass is 127. The first-order chi connectivity index (χ1) is 13.1. The summed E-state index contributed by atoms with van der Waals surface area (Å²) in [6, 6.07) is 0. The number of nitrogens with zero attached hydrogens (tertiary/aromatic N) is 1. The van der Waals surface area contributed by atoms with E-state index in [4.69, 9.17) is 10.2 Å². The number of hydrogen-bond acceptors (Lipinski definition) is 7. The van der Waals surface area contributed by atoms with E-state index < -0.39 is 37.2 Å². The van der Waals surface area contributed by atoms with E-state index in [0.717, 1.165) is 0 Å². The molecule has 2 amide bonds. The maximum atomic E-state index is 12.7. The maximum Gasteiger partial charge on any atom is 0.253 e. The fraction of sp³-hybridized carbons (Fsp3) is 0.500. The lowest BCUT2D eigenvalue weighted by atomic mass is 10.1. The molecule has 2 unspecified atom stereocenters. The molecule has 0 aliphatic carbocycles. The summed E-state index contributed by atoms with van der Waals surface area (Å²) in [5.41, 5.74) is 0.989. The number of aliphatic hydroxyl groups excluding tert-OH is 5. The molecule has 0 aliphatic heterocycles. The average Bonchev–Trinajstić information content (AvgIpc) is 2.65. The van der Waals surface area contributed by atoms with Gasteiger partial charge in [0.1, 0.15) is 0 Å². The predicted octanol–water partition coefficient (Wildman–Crippen LogP) is -0.218. The van der Waals surface area contributed by atoms with Crippen molar-refractivity contribution in [3.8, 4) is 0 Å². The van der Waals surface area contributed by atoms with Gasteiger partial charge in [0.05, 0.1) is 53.4 Å². The largest absolute Gasteiger partial charge is 0.394 e. The summed E-state index contributed by atoms with van der Waals surface area (Å²) >= 11 is 5.81. The number of carbonyl (C=O) groups is 2. The van der Waals surface area contributed by atoms with Crippen LogP contribution < -0.4 is 10.2 Å². The number of amides is 2. The van der Waals surface area contributed by atoms with Gasteiger partial charge in [0, 0.05) is 26.2 Å². The molecule has 2 atom stereocenters. The van der Waals surface area contributed by atoms with Crippen molar-refractivity contribution in [3.05, 3.63) is 21.8 Å². The van der Waals surface area contributed by atoms with Crippen molar-refractivity contribution < 1.29 is 35.1 Å². The molecule has 0 bridgehead atoms. The van der Waals surface area contributed by atoms with Gasteiger partial charge in [0.2, 0.25) is 5.91 Å². The summed E-state index contributed by atoms with van der Waals surface area (Å²) in [6.45, 7) is -0.491. The molecule has 158 valence electrons. The minimum absolute atomic E-state index is 0.170. The highest BCUT2D eigenvalue weighted by molar-refractivity contribution is 14.1. The van der Waals surface area contributed by atoms with Crippen molar-refractivity contribution in [1.82, 2.24) is 5.32 Å². The summed E-state index contributed by atoms with van der Waals surface area (Å²) in [7, 11) is 0. The van der Waals surface area contributed by atoms with Gasteiger partial charge in [-0.05, 0) is 67.8 Å². The number of carbonyl (C=O) groups excluding carboxylic acids is 2. The molecule has 0 saturated heterocycles. The Morgan fingerprint density at radius 1 is 1.00 bits per heavy atom. The Balaban J connectivity index is 3.56. The van der Waals surface area contributed by atoms with Gasteiger partial charge in [0.15, 0.2) is 0 Å². The van der Waals surface area contributed by atoms with Crippen LogP contribution in [0.1, 0.15) is 22.8 Å². The van der Waals surface area contributed by atoms with E-state index in [0.29, 0.717) is 22.0 Å². The first-order valence-electron chi connectivity index (χ1n) is 8.04. The van der Waals surface area contributed by atoms with Gasteiger partial charge in [-0.2, -0.15) is 0 Å². The fourth-order valence-corrected chi connectivity index (χ4v) is 6.87. The number of anilines is 1. The Labute approximate surface area is 202 Å². The van der Waals surface area contributed by atoms with E-state index in [1.165, 1.54) is 11.8 Å². The van der Waals surface area contributed by atoms with Crippen molar-refractivity contribution in [3.63, 3.8) is 0 Å². The van der Waals surface area contributed by atoms with Crippen LogP contribution >= 0.6 is 67.8 Å². The zero-order chi connectivity index (χ0) is 21.6. The number of rotatable bonds is 9. The second-order valence-corrected chi connectivity index (χ2v) is 9.05. The molecule has 1 aromatic carbocycles. The third-order valence-electron chi connectivity index (χ3n) is 3.73. The van der Waals surface area contributed by atoms with Crippen LogP contribution in [0.4, 0.5) is 5.69 Å². The molecule has 0 saturated carbocycles. The molecule has 1 aromatic rings. The SMILES string of the molecule is CC(=O)N(CC(O)CO)c1c(I)c(CO)c(I)c(C(=O)NCC(O)CO)c1I. The van der Waals surface area contributed by atoms with E-state index in [2.05, 4.69) is 5.32 Å². The van der Waals surface area contributed by atoms with Gasteiger partial charge in [0.25, 0.3) is 5.91 Å². The van der Waals surface area contributed by atoms with E-state index in [1.54, 1.807) is 0 Å². The molecule has 0 spiro atoms. The lowest BCUT2D eigenvalue weighted by Gasteiger charge is -2.28. The van der Waals surface area contributed by atoms with Gasteiger partial charge in [-0.15, -0.1) is 0 Å². The predicted molar refractivity (Wildman–Crippen MR) is 127 cm³/mol. The Morgan fingerprint density at radius 2 is 1.57 bits per heavy atom. The van der Waals surface area contributed by atoms with Crippen LogP contribution in [-0.4, -0.2) is 75.9 Å².